The molecule has 0 aliphatic carbocycles. The lowest BCUT2D eigenvalue weighted by Crippen LogP contribution is -2.20. The number of ether oxygens (including phenoxy) is 3. The van der Waals surface area contributed by atoms with Crippen LogP contribution < -0.4 is 0 Å². The Kier molecular flexibility index (Phi) is 8.61. The minimum absolute atomic E-state index is 0.00397. The van der Waals surface area contributed by atoms with Gasteiger partial charge in [-0.3, -0.25) is 19.9 Å². The smallest absolute Gasteiger partial charge is 0.340 e. The number of nitro groups is 1. The first-order valence-electron chi connectivity index (χ1n) is 10.3. The van der Waals surface area contributed by atoms with E-state index in [-0.39, 0.29) is 47.6 Å². The maximum atomic E-state index is 13.0. The van der Waals surface area contributed by atoms with Gasteiger partial charge in [-0.2, -0.15) is 0 Å². The molecule has 1 heterocycles. The lowest BCUT2D eigenvalue weighted by Gasteiger charge is -2.19. The molecule has 1 aromatic carbocycles. The number of pyridine rings is 1. The van der Waals surface area contributed by atoms with E-state index in [4.69, 9.17) is 14.2 Å². The number of nitro benzene ring substituents is 1. The van der Waals surface area contributed by atoms with Gasteiger partial charge in [0.25, 0.3) is 5.69 Å². The molecule has 2 aromatic rings. The van der Waals surface area contributed by atoms with E-state index in [1.54, 1.807) is 33.8 Å². The van der Waals surface area contributed by atoms with E-state index in [9.17, 15) is 24.5 Å². The Morgan fingerprint density at radius 3 is 2.21 bits per heavy atom. The summed E-state index contributed by atoms with van der Waals surface area (Å²) in [4.78, 5) is 51.9. The van der Waals surface area contributed by atoms with Gasteiger partial charge in [-0.25, -0.2) is 9.59 Å². The van der Waals surface area contributed by atoms with Gasteiger partial charge < -0.3 is 14.2 Å². The monoisotopic (exact) mass is 458 g/mol. The third kappa shape index (κ3) is 6.58. The number of rotatable bonds is 9. The number of non-ortho nitro benzene ring substituents is 1. The number of carbonyl (C=O) groups excluding carboxylic acids is 3. The second kappa shape index (κ2) is 11.2. The van der Waals surface area contributed by atoms with Gasteiger partial charge in [0, 0.05) is 31.0 Å². The van der Waals surface area contributed by atoms with Gasteiger partial charge in [-0.05, 0) is 33.3 Å². The van der Waals surface area contributed by atoms with Crippen molar-refractivity contribution in [1.82, 2.24) is 4.98 Å². The SMILES string of the molecule is CC(=O)OCCCOC(=O)c1c(C)nc(C)c(C(=O)OC(C)C)c1-c1cccc([N+](=O)[O-])c1. The van der Waals surface area contributed by atoms with E-state index in [2.05, 4.69) is 4.98 Å². The van der Waals surface area contributed by atoms with E-state index in [0.29, 0.717) is 11.4 Å². The van der Waals surface area contributed by atoms with Crippen molar-refractivity contribution in [2.75, 3.05) is 13.2 Å². The highest BCUT2D eigenvalue weighted by Gasteiger charge is 2.29. The van der Waals surface area contributed by atoms with Crippen LogP contribution in [0.25, 0.3) is 11.1 Å². The summed E-state index contributed by atoms with van der Waals surface area (Å²) in [6.07, 6.45) is -0.161. The third-order valence-corrected chi connectivity index (χ3v) is 4.48. The molecular formula is C23H26N2O8. The van der Waals surface area contributed by atoms with Crippen LogP contribution in [-0.2, 0) is 19.0 Å². The quantitative estimate of drug-likeness (QED) is 0.180. The first kappa shape index (κ1) is 25.4. The lowest BCUT2D eigenvalue weighted by molar-refractivity contribution is -0.384. The Morgan fingerprint density at radius 1 is 1.03 bits per heavy atom. The number of aryl methyl sites for hydroxylation is 2. The number of nitrogens with zero attached hydrogens (tertiary/aromatic N) is 2. The second-order valence-electron chi connectivity index (χ2n) is 7.50. The molecule has 0 aliphatic rings. The van der Waals surface area contributed by atoms with Crippen LogP contribution in [0.2, 0.25) is 0 Å². The molecule has 10 heteroatoms. The molecule has 0 saturated heterocycles. The van der Waals surface area contributed by atoms with Crippen LogP contribution in [0.1, 0.15) is 59.3 Å². The first-order valence-corrected chi connectivity index (χ1v) is 10.3. The van der Waals surface area contributed by atoms with Crippen LogP contribution in [0.4, 0.5) is 5.69 Å². The molecule has 0 atom stereocenters. The maximum Gasteiger partial charge on any atom is 0.340 e. The van der Waals surface area contributed by atoms with Gasteiger partial charge >= 0.3 is 17.9 Å². The van der Waals surface area contributed by atoms with Gasteiger partial charge in [0.05, 0.1) is 46.8 Å². The minimum atomic E-state index is -0.761. The maximum absolute atomic E-state index is 13.0. The average Bonchev–Trinajstić information content (AvgIpc) is 2.71. The molecule has 176 valence electrons. The number of hydrogen-bond acceptors (Lipinski definition) is 9. The summed E-state index contributed by atoms with van der Waals surface area (Å²) in [6.45, 7) is 7.85. The number of aromatic nitrogens is 1. The van der Waals surface area contributed by atoms with Crippen molar-refractivity contribution in [3.63, 3.8) is 0 Å². The molecule has 1 aromatic heterocycles. The molecule has 0 unspecified atom stereocenters. The fourth-order valence-corrected chi connectivity index (χ4v) is 3.20. The summed E-state index contributed by atoms with van der Waals surface area (Å²) in [5, 5.41) is 11.3. The Bertz CT molecular complexity index is 1080. The minimum Gasteiger partial charge on any atom is -0.466 e. The predicted octanol–water partition coefficient (Wildman–Crippen LogP) is 3.95. The molecule has 0 aliphatic heterocycles. The molecule has 0 amide bonds. The Hall–Kier alpha value is -3.82. The van der Waals surface area contributed by atoms with Gasteiger partial charge in [0.15, 0.2) is 0 Å². The number of hydrogen-bond donors (Lipinski definition) is 0. The van der Waals surface area contributed by atoms with Crippen LogP contribution in [0.5, 0.6) is 0 Å². The van der Waals surface area contributed by atoms with Crippen LogP contribution in [0, 0.1) is 24.0 Å². The van der Waals surface area contributed by atoms with E-state index in [1.807, 2.05) is 0 Å². The number of benzene rings is 1. The molecule has 0 bridgehead atoms. The normalized spacial score (nSPS) is 10.6. The average molecular weight is 458 g/mol. The first-order chi connectivity index (χ1) is 15.5. The molecular weight excluding hydrogens is 432 g/mol. The van der Waals surface area contributed by atoms with Gasteiger partial charge in [-0.1, -0.05) is 12.1 Å². The number of esters is 3. The van der Waals surface area contributed by atoms with Gasteiger partial charge in [0.1, 0.15) is 0 Å². The second-order valence-corrected chi connectivity index (χ2v) is 7.50. The van der Waals surface area contributed by atoms with E-state index in [0.717, 1.165) is 0 Å². The molecule has 10 nitrogen and oxygen atoms in total. The summed E-state index contributed by atoms with van der Waals surface area (Å²) in [6, 6.07) is 5.61. The number of carbonyl (C=O) groups is 3. The molecule has 0 spiro atoms. The van der Waals surface area contributed by atoms with Gasteiger partial charge in [-0.15, -0.1) is 0 Å². The van der Waals surface area contributed by atoms with Crippen molar-refractivity contribution in [3.8, 4) is 11.1 Å². The lowest BCUT2D eigenvalue weighted by atomic mass is 9.92. The zero-order valence-electron chi connectivity index (χ0n) is 19.2. The van der Waals surface area contributed by atoms with Crippen LogP contribution in [0.3, 0.4) is 0 Å². The molecule has 0 N–H and O–H groups in total. The molecule has 0 saturated carbocycles. The summed E-state index contributed by atoms with van der Waals surface area (Å²) in [5.74, 6) is -1.91. The van der Waals surface area contributed by atoms with Crippen LogP contribution in [-0.4, -0.2) is 47.1 Å². The molecule has 2 rings (SSSR count). The third-order valence-electron chi connectivity index (χ3n) is 4.48. The molecule has 33 heavy (non-hydrogen) atoms. The highest BCUT2D eigenvalue weighted by molar-refractivity contribution is 6.07. The van der Waals surface area contributed by atoms with Gasteiger partial charge in [0.2, 0.25) is 0 Å². The molecule has 0 radical (unpaired) electrons. The van der Waals surface area contributed by atoms with Crippen molar-refractivity contribution >= 4 is 23.6 Å². The topological polar surface area (TPSA) is 135 Å². The summed E-state index contributed by atoms with van der Waals surface area (Å²) >= 11 is 0. The largest absolute Gasteiger partial charge is 0.466 e. The fraction of sp³-hybridized carbons (Fsp3) is 0.391. The van der Waals surface area contributed by atoms with Crippen molar-refractivity contribution in [1.29, 1.82) is 0 Å². The zero-order valence-corrected chi connectivity index (χ0v) is 19.2. The Balaban J connectivity index is 2.60. The summed E-state index contributed by atoms with van der Waals surface area (Å²) < 4.78 is 15.5. The Labute approximate surface area is 191 Å². The van der Waals surface area contributed by atoms with Crippen molar-refractivity contribution in [2.45, 2.75) is 47.1 Å². The fourth-order valence-electron chi connectivity index (χ4n) is 3.20. The van der Waals surface area contributed by atoms with E-state index < -0.39 is 28.9 Å². The standard InChI is InChI=1S/C23H26N2O8/c1-13(2)33-23(28)20-15(4)24-14(3)19(22(27)32-11-7-10-31-16(5)26)21(20)17-8-6-9-18(12-17)25(29)30/h6,8-9,12-13H,7,10-11H2,1-5H3. The summed E-state index contributed by atoms with van der Waals surface area (Å²) in [7, 11) is 0. The molecule has 0 fully saturated rings. The van der Waals surface area contributed by atoms with Crippen LogP contribution in [0.15, 0.2) is 24.3 Å². The van der Waals surface area contributed by atoms with Crippen molar-refractivity contribution in [2.24, 2.45) is 0 Å². The van der Waals surface area contributed by atoms with Crippen molar-refractivity contribution in [3.05, 3.63) is 56.9 Å². The highest BCUT2D eigenvalue weighted by atomic mass is 16.6. The summed E-state index contributed by atoms with van der Waals surface area (Å²) in [5.41, 5.74) is 0.861. The Morgan fingerprint density at radius 2 is 1.64 bits per heavy atom. The van der Waals surface area contributed by atoms with Crippen molar-refractivity contribution < 1.29 is 33.5 Å². The van der Waals surface area contributed by atoms with Crippen LogP contribution >= 0.6 is 0 Å². The highest BCUT2D eigenvalue weighted by Crippen LogP contribution is 2.34. The van der Waals surface area contributed by atoms with E-state index in [1.165, 1.54) is 25.1 Å². The zero-order chi connectivity index (χ0) is 24.7. The predicted molar refractivity (Wildman–Crippen MR) is 118 cm³/mol. The van der Waals surface area contributed by atoms with E-state index >= 15 is 0 Å².